The molecule has 1 N–H and O–H groups in total. The summed E-state index contributed by atoms with van der Waals surface area (Å²) >= 11 is 1.29. The van der Waals surface area contributed by atoms with Gasteiger partial charge < -0.3 is 10.1 Å². The van der Waals surface area contributed by atoms with E-state index in [1.165, 1.54) is 11.5 Å². The van der Waals surface area contributed by atoms with Gasteiger partial charge in [0.1, 0.15) is 11.1 Å². The minimum atomic E-state index is -0.303. The molecule has 3 rings (SSSR count). The zero-order valence-corrected chi connectivity index (χ0v) is 11.2. The highest BCUT2D eigenvalue weighted by Crippen LogP contribution is 2.25. The summed E-state index contributed by atoms with van der Waals surface area (Å²) in [5.41, 5.74) is 1.93. The maximum absolute atomic E-state index is 11.9. The average Bonchev–Trinajstić information content (AvgIpc) is 3.11. The van der Waals surface area contributed by atoms with E-state index >= 15 is 0 Å². The molecule has 1 atom stereocenters. The first kappa shape index (κ1) is 12.3. The molecule has 1 saturated heterocycles. The van der Waals surface area contributed by atoms with Crippen LogP contribution in [-0.2, 0) is 9.53 Å². The fraction of sp³-hybridized carbons (Fsp3) is 0.286. The van der Waals surface area contributed by atoms with Gasteiger partial charge in [0.25, 0.3) is 5.91 Å². The Morgan fingerprint density at radius 1 is 1.37 bits per heavy atom. The molecular weight excluding hydrogens is 260 g/mol. The highest BCUT2D eigenvalue weighted by Gasteiger charge is 2.24. The maximum atomic E-state index is 11.9. The number of hydrogen-bond donors (Lipinski definition) is 1. The number of nitrogens with one attached hydrogen (secondary N) is 1. The van der Waals surface area contributed by atoms with Crippen LogP contribution in [0.25, 0.3) is 11.3 Å². The number of carbonyl (C=O) groups is 1. The predicted octanol–water partition coefficient (Wildman–Crippen LogP) is 2.93. The Labute approximate surface area is 115 Å². The first-order valence-electron chi connectivity index (χ1n) is 6.27. The molecule has 1 aromatic heterocycles. The topological polar surface area (TPSA) is 51.2 Å². The van der Waals surface area contributed by atoms with E-state index in [0.717, 1.165) is 29.1 Å². The smallest absolute Gasteiger partial charge is 0.254 e. The van der Waals surface area contributed by atoms with Crippen molar-refractivity contribution in [3.05, 3.63) is 36.4 Å². The maximum Gasteiger partial charge on any atom is 0.254 e. The normalized spacial score (nSPS) is 18.4. The molecule has 19 heavy (non-hydrogen) atoms. The van der Waals surface area contributed by atoms with Crippen molar-refractivity contribution in [1.29, 1.82) is 0 Å². The zero-order valence-electron chi connectivity index (χ0n) is 10.3. The standard InChI is InChI=1S/C14H14N2O2S/c17-14(12-7-4-8-18-12)15-13-9-11(16-19-13)10-5-2-1-3-6-10/h1-3,5-6,9,12H,4,7-8H2,(H,15,17). The van der Waals surface area contributed by atoms with Gasteiger partial charge in [-0.2, -0.15) is 4.37 Å². The third kappa shape index (κ3) is 2.83. The second kappa shape index (κ2) is 5.50. The summed E-state index contributed by atoms with van der Waals surface area (Å²) in [6.45, 7) is 0.677. The van der Waals surface area contributed by atoms with E-state index in [1.54, 1.807) is 0 Å². The molecule has 0 radical (unpaired) electrons. The first-order chi connectivity index (χ1) is 9.33. The van der Waals surface area contributed by atoms with Gasteiger partial charge in [-0.1, -0.05) is 30.3 Å². The number of carbonyl (C=O) groups excluding carboxylic acids is 1. The molecule has 0 spiro atoms. The third-order valence-corrected chi connectivity index (χ3v) is 3.75. The largest absolute Gasteiger partial charge is 0.368 e. The van der Waals surface area contributed by atoms with Crippen molar-refractivity contribution in [2.24, 2.45) is 0 Å². The fourth-order valence-electron chi connectivity index (χ4n) is 2.07. The van der Waals surface area contributed by atoms with Crippen molar-refractivity contribution in [2.75, 3.05) is 11.9 Å². The SMILES string of the molecule is O=C(Nc1cc(-c2ccccc2)ns1)C1CCCO1. The monoisotopic (exact) mass is 274 g/mol. The van der Waals surface area contributed by atoms with E-state index in [9.17, 15) is 4.79 Å². The second-order valence-corrected chi connectivity index (χ2v) is 5.24. The number of rotatable bonds is 3. The second-order valence-electron chi connectivity index (χ2n) is 4.43. The van der Waals surface area contributed by atoms with Gasteiger partial charge in [0.15, 0.2) is 0 Å². The lowest BCUT2D eigenvalue weighted by Crippen LogP contribution is -2.26. The molecule has 2 aromatic rings. The van der Waals surface area contributed by atoms with Crippen molar-refractivity contribution in [2.45, 2.75) is 18.9 Å². The minimum Gasteiger partial charge on any atom is -0.368 e. The lowest BCUT2D eigenvalue weighted by Gasteiger charge is -2.07. The Morgan fingerprint density at radius 2 is 2.21 bits per heavy atom. The molecule has 1 unspecified atom stereocenters. The Bertz CT molecular complexity index is 562. The number of nitrogens with zero attached hydrogens (tertiary/aromatic N) is 1. The van der Waals surface area contributed by atoms with Crippen molar-refractivity contribution in [3.63, 3.8) is 0 Å². The van der Waals surface area contributed by atoms with Gasteiger partial charge in [0.2, 0.25) is 0 Å². The van der Waals surface area contributed by atoms with Crippen LogP contribution in [-0.4, -0.2) is 23.0 Å². The molecule has 4 nitrogen and oxygen atoms in total. The summed E-state index contributed by atoms with van der Waals surface area (Å²) in [4.78, 5) is 11.9. The molecule has 1 fully saturated rings. The molecule has 1 aliphatic rings. The molecule has 1 amide bonds. The Hall–Kier alpha value is -1.72. The molecule has 0 bridgehead atoms. The van der Waals surface area contributed by atoms with Gasteiger partial charge in [0.05, 0.1) is 5.69 Å². The van der Waals surface area contributed by atoms with Crippen LogP contribution < -0.4 is 5.32 Å². The van der Waals surface area contributed by atoms with Crippen LogP contribution in [0, 0.1) is 0 Å². The summed E-state index contributed by atoms with van der Waals surface area (Å²) in [6, 6.07) is 11.8. The van der Waals surface area contributed by atoms with E-state index in [2.05, 4.69) is 9.69 Å². The van der Waals surface area contributed by atoms with Crippen molar-refractivity contribution < 1.29 is 9.53 Å². The van der Waals surface area contributed by atoms with Gasteiger partial charge in [-0.25, -0.2) is 0 Å². The molecule has 5 heteroatoms. The quantitative estimate of drug-likeness (QED) is 0.936. The summed E-state index contributed by atoms with van der Waals surface area (Å²) in [7, 11) is 0. The predicted molar refractivity (Wildman–Crippen MR) is 75.2 cm³/mol. The number of ether oxygens (including phenoxy) is 1. The molecule has 0 saturated carbocycles. The van der Waals surface area contributed by atoms with E-state index in [1.807, 2.05) is 36.4 Å². The van der Waals surface area contributed by atoms with E-state index in [4.69, 9.17) is 4.74 Å². The summed E-state index contributed by atoms with van der Waals surface area (Å²) < 4.78 is 9.70. The Kier molecular flexibility index (Phi) is 3.57. The Morgan fingerprint density at radius 3 is 2.95 bits per heavy atom. The van der Waals surface area contributed by atoms with Crippen LogP contribution in [0.3, 0.4) is 0 Å². The van der Waals surface area contributed by atoms with Gasteiger partial charge >= 0.3 is 0 Å². The number of aromatic nitrogens is 1. The van der Waals surface area contributed by atoms with E-state index < -0.39 is 0 Å². The molecular formula is C14H14N2O2S. The number of anilines is 1. The van der Waals surface area contributed by atoms with Crippen LogP contribution in [0.1, 0.15) is 12.8 Å². The molecule has 98 valence electrons. The van der Waals surface area contributed by atoms with Gasteiger partial charge in [-0.05, 0) is 24.4 Å². The van der Waals surface area contributed by atoms with Crippen LogP contribution in [0.2, 0.25) is 0 Å². The van der Waals surface area contributed by atoms with Gasteiger partial charge in [-0.3, -0.25) is 4.79 Å². The summed E-state index contributed by atoms with van der Waals surface area (Å²) in [6.07, 6.45) is 1.45. The van der Waals surface area contributed by atoms with Crippen LogP contribution in [0.15, 0.2) is 36.4 Å². The number of benzene rings is 1. The first-order valence-corrected chi connectivity index (χ1v) is 7.05. The minimum absolute atomic E-state index is 0.0687. The Balaban J connectivity index is 1.70. The van der Waals surface area contributed by atoms with Crippen LogP contribution in [0.4, 0.5) is 5.00 Å². The average molecular weight is 274 g/mol. The molecule has 0 aliphatic carbocycles. The number of hydrogen-bond acceptors (Lipinski definition) is 4. The van der Waals surface area contributed by atoms with Crippen LogP contribution >= 0.6 is 11.5 Å². The number of amides is 1. The zero-order chi connectivity index (χ0) is 13.1. The van der Waals surface area contributed by atoms with E-state index in [0.29, 0.717) is 6.61 Å². The fourth-order valence-corrected chi connectivity index (χ4v) is 2.73. The third-order valence-electron chi connectivity index (χ3n) is 3.05. The lowest BCUT2D eigenvalue weighted by atomic mass is 10.1. The highest BCUT2D eigenvalue weighted by molar-refractivity contribution is 7.10. The summed E-state index contributed by atoms with van der Waals surface area (Å²) in [5, 5.41) is 3.63. The summed E-state index contributed by atoms with van der Waals surface area (Å²) in [5.74, 6) is -0.0687. The highest BCUT2D eigenvalue weighted by atomic mass is 32.1. The lowest BCUT2D eigenvalue weighted by molar-refractivity contribution is -0.124. The van der Waals surface area contributed by atoms with E-state index in [-0.39, 0.29) is 12.0 Å². The molecule has 2 heterocycles. The molecule has 1 aliphatic heterocycles. The van der Waals surface area contributed by atoms with Gasteiger partial charge in [-0.15, -0.1) is 0 Å². The van der Waals surface area contributed by atoms with Crippen LogP contribution in [0.5, 0.6) is 0 Å². The van der Waals surface area contributed by atoms with Crippen molar-refractivity contribution in [3.8, 4) is 11.3 Å². The van der Waals surface area contributed by atoms with Gasteiger partial charge in [0, 0.05) is 18.2 Å². The molecule has 1 aromatic carbocycles. The van der Waals surface area contributed by atoms with Crippen molar-refractivity contribution in [1.82, 2.24) is 4.37 Å². The van der Waals surface area contributed by atoms with Crippen molar-refractivity contribution >= 4 is 22.4 Å².